The standard InChI is InChI=1S/C13H18N2O2/c1-9-6-11-12(15(9)5-4-14)7-10(16-2)8-13(11)17-3/h6-8H,4-5,14H2,1-3H3. The fourth-order valence-electron chi connectivity index (χ4n) is 2.15. The molecule has 0 fully saturated rings. The van der Waals surface area contributed by atoms with Crippen LogP contribution in [-0.4, -0.2) is 25.3 Å². The van der Waals surface area contributed by atoms with E-state index in [-0.39, 0.29) is 0 Å². The highest BCUT2D eigenvalue weighted by Crippen LogP contribution is 2.33. The van der Waals surface area contributed by atoms with E-state index in [2.05, 4.69) is 17.6 Å². The quantitative estimate of drug-likeness (QED) is 0.879. The number of nitrogens with two attached hydrogens (primary N) is 1. The molecule has 2 aromatic rings. The molecule has 2 N–H and O–H groups in total. The van der Waals surface area contributed by atoms with Crippen molar-refractivity contribution in [3.05, 3.63) is 23.9 Å². The van der Waals surface area contributed by atoms with Gasteiger partial charge in [0.25, 0.3) is 0 Å². The second-order valence-electron chi connectivity index (χ2n) is 3.99. The van der Waals surface area contributed by atoms with Gasteiger partial charge >= 0.3 is 0 Å². The van der Waals surface area contributed by atoms with E-state index in [9.17, 15) is 0 Å². The lowest BCUT2D eigenvalue weighted by Crippen LogP contribution is -2.10. The number of hydrogen-bond donors (Lipinski definition) is 1. The minimum atomic E-state index is 0.615. The van der Waals surface area contributed by atoms with Crippen molar-refractivity contribution in [1.29, 1.82) is 0 Å². The van der Waals surface area contributed by atoms with Gasteiger partial charge in [-0.25, -0.2) is 0 Å². The maximum atomic E-state index is 5.64. The summed E-state index contributed by atoms with van der Waals surface area (Å²) in [6.45, 7) is 3.48. The van der Waals surface area contributed by atoms with Crippen molar-refractivity contribution in [2.75, 3.05) is 20.8 Å². The molecule has 2 rings (SSSR count). The molecule has 0 saturated heterocycles. The van der Waals surface area contributed by atoms with Crippen LogP contribution in [0, 0.1) is 6.92 Å². The molecule has 0 radical (unpaired) electrons. The Hall–Kier alpha value is -1.68. The molecule has 0 unspecified atom stereocenters. The first-order valence-corrected chi connectivity index (χ1v) is 5.63. The minimum Gasteiger partial charge on any atom is -0.497 e. The molecular formula is C13H18N2O2. The maximum Gasteiger partial charge on any atom is 0.131 e. The van der Waals surface area contributed by atoms with Crippen molar-refractivity contribution < 1.29 is 9.47 Å². The molecule has 0 aliphatic rings. The highest BCUT2D eigenvalue weighted by Gasteiger charge is 2.11. The number of benzene rings is 1. The van der Waals surface area contributed by atoms with Crippen molar-refractivity contribution >= 4 is 10.9 Å². The van der Waals surface area contributed by atoms with Crippen molar-refractivity contribution in [2.45, 2.75) is 13.5 Å². The third-order valence-corrected chi connectivity index (χ3v) is 2.97. The Morgan fingerprint density at radius 1 is 1.18 bits per heavy atom. The summed E-state index contributed by atoms with van der Waals surface area (Å²) in [6, 6.07) is 6.03. The normalized spacial score (nSPS) is 10.8. The van der Waals surface area contributed by atoms with E-state index < -0.39 is 0 Å². The van der Waals surface area contributed by atoms with Crippen LogP contribution in [-0.2, 0) is 6.54 Å². The van der Waals surface area contributed by atoms with E-state index >= 15 is 0 Å². The molecule has 4 heteroatoms. The summed E-state index contributed by atoms with van der Waals surface area (Å²) in [5.41, 5.74) is 7.92. The number of methoxy groups -OCH3 is 2. The molecule has 4 nitrogen and oxygen atoms in total. The highest BCUT2D eigenvalue weighted by molar-refractivity contribution is 5.89. The van der Waals surface area contributed by atoms with Gasteiger partial charge in [0.1, 0.15) is 11.5 Å². The number of hydrogen-bond acceptors (Lipinski definition) is 3. The van der Waals surface area contributed by atoms with Crippen LogP contribution in [0.25, 0.3) is 10.9 Å². The number of rotatable bonds is 4. The largest absolute Gasteiger partial charge is 0.497 e. The van der Waals surface area contributed by atoms with E-state index in [0.29, 0.717) is 6.54 Å². The lowest BCUT2D eigenvalue weighted by Gasteiger charge is -2.09. The summed E-state index contributed by atoms with van der Waals surface area (Å²) >= 11 is 0. The molecule has 1 aromatic heterocycles. The van der Waals surface area contributed by atoms with Gasteiger partial charge in [-0.2, -0.15) is 0 Å². The van der Waals surface area contributed by atoms with Crippen LogP contribution in [0.15, 0.2) is 18.2 Å². The second kappa shape index (κ2) is 4.67. The highest BCUT2D eigenvalue weighted by atomic mass is 16.5. The third kappa shape index (κ3) is 1.96. The van der Waals surface area contributed by atoms with Crippen molar-refractivity contribution in [1.82, 2.24) is 4.57 Å². The number of nitrogens with zero attached hydrogens (tertiary/aromatic N) is 1. The summed E-state index contributed by atoms with van der Waals surface area (Å²) in [4.78, 5) is 0. The molecule has 92 valence electrons. The van der Waals surface area contributed by atoms with Crippen LogP contribution >= 0.6 is 0 Å². The van der Waals surface area contributed by atoms with Gasteiger partial charge in [0.2, 0.25) is 0 Å². The Morgan fingerprint density at radius 2 is 1.94 bits per heavy atom. The second-order valence-corrected chi connectivity index (χ2v) is 3.99. The van der Waals surface area contributed by atoms with Crippen LogP contribution in [0.1, 0.15) is 5.69 Å². The van der Waals surface area contributed by atoms with Crippen LogP contribution in [0.5, 0.6) is 11.5 Å². The van der Waals surface area contributed by atoms with Gasteiger partial charge < -0.3 is 19.8 Å². The van der Waals surface area contributed by atoms with Gasteiger partial charge in [-0.1, -0.05) is 0 Å². The number of aryl methyl sites for hydroxylation is 1. The maximum absolute atomic E-state index is 5.64. The summed E-state index contributed by atoms with van der Waals surface area (Å²) in [7, 11) is 3.33. The summed E-state index contributed by atoms with van der Waals surface area (Å²) < 4.78 is 12.9. The smallest absolute Gasteiger partial charge is 0.131 e. The van der Waals surface area contributed by atoms with Gasteiger partial charge in [0.05, 0.1) is 19.7 Å². The topological polar surface area (TPSA) is 49.4 Å². The molecular weight excluding hydrogens is 216 g/mol. The van der Waals surface area contributed by atoms with Gasteiger partial charge in [-0.05, 0) is 13.0 Å². The van der Waals surface area contributed by atoms with E-state index in [1.165, 1.54) is 5.69 Å². The SMILES string of the molecule is COc1cc(OC)c2cc(C)n(CCN)c2c1. The monoisotopic (exact) mass is 234 g/mol. The molecule has 17 heavy (non-hydrogen) atoms. The average Bonchev–Trinajstić information content (AvgIpc) is 2.65. The van der Waals surface area contributed by atoms with E-state index in [0.717, 1.165) is 28.9 Å². The Bertz CT molecular complexity index is 532. The Balaban J connectivity index is 2.71. The molecule has 0 amide bonds. The number of ether oxygens (including phenoxy) is 2. The summed E-state index contributed by atoms with van der Waals surface area (Å²) in [5.74, 6) is 1.63. The van der Waals surface area contributed by atoms with Crippen LogP contribution in [0.3, 0.4) is 0 Å². The zero-order valence-corrected chi connectivity index (χ0v) is 10.5. The van der Waals surface area contributed by atoms with Gasteiger partial charge in [0, 0.05) is 36.3 Å². The lowest BCUT2D eigenvalue weighted by molar-refractivity contribution is 0.397. The summed E-state index contributed by atoms with van der Waals surface area (Å²) in [5, 5.41) is 1.10. The van der Waals surface area contributed by atoms with Crippen LogP contribution in [0.2, 0.25) is 0 Å². The van der Waals surface area contributed by atoms with Crippen LogP contribution in [0.4, 0.5) is 0 Å². The van der Waals surface area contributed by atoms with Gasteiger partial charge in [-0.3, -0.25) is 0 Å². The average molecular weight is 234 g/mol. The first kappa shape index (κ1) is 11.8. The fraction of sp³-hybridized carbons (Fsp3) is 0.385. The predicted octanol–water partition coefficient (Wildman–Crippen LogP) is 1.93. The van der Waals surface area contributed by atoms with Gasteiger partial charge in [0.15, 0.2) is 0 Å². The molecule has 0 atom stereocenters. The summed E-state index contributed by atoms with van der Waals surface area (Å²) in [6.07, 6.45) is 0. The Kier molecular flexibility index (Phi) is 3.24. The fourth-order valence-corrected chi connectivity index (χ4v) is 2.15. The number of fused-ring (bicyclic) bond motifs is 1. The predicted molar refractivity (Wildman–Crippen MR) is 68.8 cm³/mol. The van der Waals surface area contributed by atoms with Gasteiger partial charge in [-0.15, -0.1) is 0 Å². The van der Waals surface area contributed by atoms with Crippen molar-refractivity contribution in [2.24, 2.45) is 5.73 Å². The molecule has 0 aliphatic heterocycles. The zero-order chi connectivity index (χ0) is 12.4. The molecule has 0 spiro atoms. The minimum absolute atomic E-state index is 0.615. The third-order valence-electron chi connectivity index (χ3n) is 2.97. The first-order valence-electron chi connectivity index (χ1n) is 5.63. The first-order chi connectivity index (χ1) is 8.21. The molecule has 1 heterocycles. The van der Waals surface area contributed by atoms with E-state index in [1.807, 2.05) is 12.1 Å². The Labute approximate surface area is 101 Å². The lowest BCUT2D eigenvalue weighted by atomic mass is 10.2. The van der Waals surface area contributed by atoms with E-state index in [1.54, 1.807) is 14.2 Å². The van der Waals surface area contributed by atoms with Crippen molar-refractivity contribution in [3.8, 4) is 11.5 Å². The molecule has 1 aromatic carbocycles. The zero-order valence-electron chi connectivity index (χ0n) is 10.5. The van der Waals surface area contributed by atoms with Crippen LogP contribution < -0.4 is 15.2 Å². The molecule has 0 bridgehead atoms. The Morgan fingerprint density at radius 3 is 2.53 bits per heavy atom. The number of aromatic nitrogens is 1. The molecule has 0 saturated carbocycles. The molecule has 0 aliphatic carbocycles. The van der Waals surface area contributed by atoms with E-state index in [4.69, 9.17) is 15.2 Å². The van der Waals surface area contributed by atoms with Crippen molar-refractivity contribution in [3.63, 3.8) is 0 Å².